The number of hydrogen-bond acceptors (Lipinski definition) is 3. The largest absolute Gasteiger partial charge is 0.496 e. The SMILES string of the molecule is COc1cc(NCC(C)(C)CN(C)C)ccc1C. The first-order chi connectivity index (χ1) is 8.34. The van der Waals surface area contributed by atoms with Crippen molar-refractivity contribution in [3.63, 3.8) is 0 Å². The predicted molar refractivity (Wildman–Crippen MR) is 78.6 cm³/mol. The molecule has 0 aliphatic heterocycles. The van der Waals surface area contributed by atoms with E-state index < -0.39 is 0 Å². The third-order valence-electron chi connectivity index (χ3n) is 2.92. The molecule has 18 heavy (non-hydrogen) atoms. The number of nitrogens with zero attached hydrogens (tertiary/aromatic N) is 1. The summed E-state index contributed by atoms with van der Waals surface area (Å²) in [5.74, 6) is 0.936. The molecule has 0 fully saturated rings. The molecule has 0 atom stereocenters. The maximum absolute atomic E-state index is 5.33. The topological polar surface area (TPSA) is 24.5 Å². The van der Waals surface area contributed by atoms with Crippen LogP contribution in [0.25, 0.3) is 0 Å². The molecular weight excluding hydrogens is 224 g/mol. The molecule has 0 bridgehead atoms. The third kappa shape index (κ3) is 4.57. The van der Waals surface area contributed by atoms with Gasteiger partial charge in [-0.3, -0.25) is 0 Å². The molecule has 1 N–H and O–H groups in total. The van der Waals surface area contributed by atoms with Crippen LogP contribution in [0.5, 0.6) is 5.75 Å². The number of nitrogens with one attached hydrogen (secondary N) is 1. The fraction of sp³-hybridized carbons (Fsp3) is 0.600. The van der Waals surface area contributed by atoms with Gasteiger partial charge in [0.2, 0.25) is 0 Å². The van der Waals surface area contributed by atoms with E-state index in [0.717, 1.165) is 30.1 Å². The summed E-state index contributed by atoms with van der Waals surface area (Å²) in [6, 6.07) is 6.24. The van der Waals surface area contributed by atoms with E-state index in [4.69, 9.17) is 4.74 Å². The average molecular weight is 250 g/mol. The third-order valence-corrected chi connectivity index (χ3v) is 2.92. The number of hydrogen-bond donors (Lipinski definition) is 1. The van der Waals surface area contributed by atoms with Gasteiger partial charge in [-0.2, -0.15) is 0 Å². The highest BCUT2D eigenvalue weighted by Gasteiger charge is 2.18. The van der Waals surface area contributed by atoms with Crippen LogP contribution in [0.1, 0.15) is 19.4 Å². The molecule has 3 nitrogen and oxygen atoms in total. The number of aryl methyl sites for hydroxylation is 1. The highest BCUT2D eigenvalue weighted by atomic mass is 16.5. The first-order valence-corrected chi connectivity index (χ1v) is 6.37. The van der Waals surface area contributed by atoms with E-state index in [0.29, 0.717) is 0 Å². The van der Waals surface area contributed by atoms with Gasteiger partial charge in [0.25, 0.3) is 0 Å². The molecule has 0 heterocycles. The lowest BCUT2D eigenvalue weighted by atomic mass is 9.93. The molecule has 0 aromatic heterocycles. The van der Waals surface area contributed by atoms with Crippen LogP contribution in [0, 0.1) is 12.3 Å². The van der Waals surface area contributed by atoms with Gasteiger partial charge in [0, 0.05) is 24.8 Å². The standard InChI is InChI=1S/C15H26N2O/c1-12-7-8-13(9-14(12)18-6)16-10-15(2,3)11-17(4)5/h7-9,16H,10-11H2,1-6H3. The van der Waals surface area contributed by atoms with E-state index in [2.05, 4.69) is 63.3 Å². The monoisotopic (exact) mass is 250 g/mol. The van der Waals surface area contributed by atoms with E-state index in [1.54, 1.807) is 7.11 Å². The van der Waals surface area contributed by atoms with Gasteiger partial charge in [-0.1, -0.05) is 19.9 Å². The number of ether oxygens (including phenoxy) is 1. The Bertz CT molecular complexity index is 386. The van der Waals surface area contributed by atoms with Crippen LogP contribution in [0.15, 0.2) is 18.2 Å². The second-order valence-corrected chi connectivity index (χ2v) is 5.94. The zero-order valence-electron chi connectivity index (χ0n) is 12.5. The lowest BCUT2D eigenvalue weighted by molar-refractivity contribution is 0.254. The molecule has 0 unspecified atom stereocenters. The van der Waals surface area contributed by atoms with Crippen molar-refractivity contribution in [1.29, 1.82) is 0 Å². The minimum absolute atomic E-state index is 0.238. The summed E-state index contributed by atoms with van der Waals surface area (Å²) in [5, 5.41) is 3.49. The molecule has 0 saturated heterocycles. The second kappa shape index (κ2) is 6.10. The first-order valence-electron chi connectivity index (χ1n) is 6.37. The van der Waals surface area contributed by atoms with Crippen molar-refractivity contribution < 1.29 is 4.74 Å². The second-order valence-electron chi connectivity index (χ2n) is 5.94. The maximum Gasteiger partial charge on any atom is 0.123 e. The highest BCUT2D eigenvalue weighted by Crippen LogP contribution is 2.24. The Morgan fingerprint density at radius 3 is 2.50 bits per heavy atom. The summed E-state index contributed by atoms with van der Waals surface area (Å²) in [5.41, 5.74) is 2.52. The molecule has 1 rings (SSSR count). The Hall–Kier alpha value is -1.22. The van der Waals surface area contributed by atoms with Crippen LogP contribution in [0.3, 0.4) is 0 Å². The van der Waals surface area contributed by atoms with E-state index in [9.17, 15) is 0 Å². The van der Waals surface area contributed by atoms with Gasteiger partial charge in [0.15, 0.2) is 0 Å². The number of benzene rings is 1. The number of methoxy groups -OCH3 is 1. The fourth-order valence-electron chi connectivity index (χ4n) is 2.18. The van der Waals surface area contributed by atoms with E-state index in [-0.39, 0.29) is 5.41 Å². The van der Waals surface area contributed by atoms with Crippen LogP contribution in [-0.2, 0) is 0 Å². The zero-order chi connectivity index (χ0) is 13.8. The summed E-state index contributed by atoms with van der Waals surface area (Å²) in [6.07, 6.45) is 0. The maximum atomic E-state index is 5.33. The van der Waals surface area contributed by atoms with Crippen molar-refractivity contribution in [2.75, 3.05) is 39.6 Å². The lowest BCUT2D eigenvalue weighted by Gasteiger charge is -2.29. The summed E-state index contributed by atoms with van der Waals surface area (Å²) >= 11 is 0. The Balaban J connectivity index is 2.63. The lowest BCUT2D eigenvalue weighted by Crippen LogP contribution is -2.34. The number of rotatable bonds is 6. The molecule has 102 valence electrons. The van der Waals surface area contributed by atoms with Gasteiger partial charge in [-0.15, -0.1) is 0 Å². The highest BCUT2D eigenvalue weighted by molar-refractivity contribution is 5.51. The van der Waals surface area contributed by atoms with Crippen molar-refractivity contribution in [3.05, 3.63) is 23.8 Å². The predicted octanol–water partition coefficient (Wildman–Crippen LogP) is 3.00. The molecule has 3 heteroatoms. The molecule has 0 radical (unpaired) electrons. The summed E-state index contributed by atoms with van der Waals surface area (Å²) in [4.78, 5) is 2.22. The van der Waals surface area contributed by atoms with Gasteiger partial charge >= 0.3 is 0 Å². The molecule has 0 amide bonds. The van der Waals surface area contributed by atoms with Crippen molar-refractivity contribution >= 4 is 5.69 Å². The van der Waals surface area contributed by atoms with Crippen molar-refractivity contribution in [3.8, 4) is 5.75 Å². The van der Waals surface area contributed by atoms with Gasteiger partial charge in [0.1, 0.15) is 5.75 Å². The molecule has 0 saturated carbocycles. The molecule has 1 aromatic rings. The van der Waals surface area contributed by atoms with Gasteiger partial charge in [0.05, 0.1) is 7.11 Å². The van der Waals surface area contributed by atoms with Crippen molar-refractivity contribution in [2.24, 2.45) is 5.41 Å². The van der Waals surface area contributed by atoms with Crippen LogP contribution in [0.2, 0.25) is 0 Å². The molecule has 1 aromatic carbocycles. The Morgan fingerprint density at radius 2 is 1.94 bits per heavy atom. The van der Waals surface area contributed by atoms with Crippen LogP contribution in [0.4, 0.5) is 5.69 Å². The Kier molecular flexibility index (Phi) is 5.03. The molecule has 0 aliphatic rings. The molecular formula is C15H26N2O. The van der Waals surface area contributed by atoms with Crippen molar-refractivity contribution in [1.82, 2.24) is 4.90 Å². The van der Waals surface area contributed by atoms with Gasteiger partial charge < -0.3 is 15.0 Å². The normalized spacial score (nSPS) is 11.7. The van der Waals surface area contributed by atoms with Crippen LogP contribution >= 0.6 is 0 Å². The minimum Gasteiger partial charge on any atom is -0.496 e. The van der Waals surface area contributed by atoms with E-state index >= 15 is 0 Å². The van der Waals surface area contributed by atoms with Crippen molar-refractivity contribution in [2.45, 2.75) is 20.8 Å². The van der Waals surface area contributed by atoms with Crippen LogP contribution < -0.4 is 10.1 Å². The average Bonchev–Trinajstić information content (AvgIpc) is 2.26. The van der Waals surface area contributed by atoms with E-state index in [1.807, 2.05) is 0 Å². The van der Waals surface area contributed by atoms with Crippen LogP contribution in [-0.4, -0.2) is 39.2 Å². The quantitative estimate of drug-likeness (QED) is 0.840. The summed E-state index contributed by atoms with van der Waals surface area (Å²) in [7, 11) is 5.93. The van der Waals surface area contributed by atoms with Gasteiger partial charge in [-0.05, 0) is 38.1 Å². The first kappa shape index (κ1) is 14.8. The number of anilines is 1. The Labute approximate surface area is 111 Å². The molecule has 0 aliphatic carbocycles. The smallest absolute Gasteiger partial charge is 0.123 e. The van der Waals surface area contributed by atoms with E-state index in [1.165, 1.54) is 0 Å². The fourth-order valence-corrected chi connectivity index (χ4v) is 2.18. The molecule has 0 spiro atoms. The summed E-state index contributed by atoms with van der Waals surface area (Å²) < 4.78 is 5.33. The summed E-state index contributed by atoms with van der Waals surface area (Å²) in [6.45, 7) is 8.59. The Morgan fingerprint density at radius 1 is 1.28 bits per heavy atom. The zero-order valence-corrected chi connectivity index (χ0v) is 12.5. The van der Waals surface area contributed by atoms with Gasteiger partial charge in [-0.25, -0.2) is 0 Å². The minimum atomic E-state index is 0.238.